The molecule has 1 aliphatic rings. The van der Waals surface area contributed by atoms with Gasteiger partial charge in [0.1, 0.15) is 25.4 Å². The normalized spacial score (nSPS) is 23.8. The van der Waals surface area contributed by atoms with Crippen molar-refractivity contribution in [2.75, 3.05) is 27.4 Å². The standard InChI is InChI=1S/C15H21NO6/c1-19-15(20-2)10-21-9-12(17)13(15)16-14(18)22-8-11-6-4-3-5-7-11/h3-7,12-13,17H,8-10H2,1-2H3,(H,16,18)/t12-,13-/m0/s1. The number of carbonyl (C=O) groups excluding carboxylic acids is 1. The summed E-state index contributed by atoms with van der Waals surface area (Å²) in [7, 11) is 2.85. The second-order valence-corrected chi connectivity index (χ2v) is 4.99. The third-order valence-corrected chi connectivity index (χ3v) is 3.63. The molecule has 2 N–H and O–H groups in total. The summed E-state index contributed by atoms with van der Waals surface area (Å²) < 4.78 is 21.0. The van der Waals surface area contributed by atoms with Crippen molar-refractivity contribution in [3.8, 4) is 0 Å². The predicted molar refractivity (Wildman–Crippen MR) is 77.1 cm³/mol. The molecule has 1 saturated heterocycles. The predicted octanol–water partition coefficient (Wildman–Crippen LogP) is 0.662. The molecule has 1 amide bonds. The minimum absolute atomic E-state index is 0.0815. The lowest BCUT2D eigenvalue weighted by atomic mass is 9.99. The van der Waals surface area contributed by atoms with Crippen LogP contribution >= 0.6 is 0 Å². The van der Waals surface area contributed by atoms with E-state index in [1.165, 1.54) is 14.2 Å². The fraction of sp³-hybridized carbons (Fsp3) is 0.533. The topological polar surface area (TPSA) is 86.3 Å². The smallest absolute Gasteiger partial charge is 0.407 e. The van der Waals surface area contributed by atoms with Crippen LogP contribution in [0.15, 0.2) is 30.3 Å². The molecular formula is C15H21NO6. The van der Waals surface area contributed by atoms with Crippen molar-refractivity contribution < 1.29 is 28.8 Å². The van der Waals surface area contributed by atoms with E-state index in [0.717, 1.165) is 5.56 Å². The SMILES string of the molecule is COC1(OC)COC[C@H](O)[C@@H]1NC(=O)OCc1ccccc1. The zero-order chi connectivity index (χ0) is 16.0. The quantitative estimate of drug-likeness (QED) is 0.777. The summed E-state index contributed by atoms with van der Waals surface area (Å²) in [6, 6.07) is 8.52. The molecule has 0 radical (unpaired) electrons. The van der Waals surface area contributed by atoms with Gasteiger partial charge in [-0.2, -0.15) is 0 Å². The van der Waals surface area contributed by atoms with Gasteiger partial charge in [0, 0.05) is 14.2 Å². The van der Waals surface area contributed by atoms with Gasteiger partial charge in [0.25, 0.3) is 0 Å². The lowest BCUT2D eigenvalue weighted by Crippen LogP contribution is -2.66. The molecule has 0 aliphatic carbocycles. The molecule has 7 nitrogen and oxygen atoms in total. The number of hydrogen-bond donors (Lipinski definition) is 2. The third kappa shape index (κ3) is 3.75. The molecule has 22 heavy (non-hydrogen) atoms. The Morgan fingerprint density at radius 3 is 2.68 bits per heavy atom. The molecular weight excluding hydrogens is 290 g/mol. The number of carbonyl (C=O) groups is 1. The van der Waals surface area contributed by atoms with E-state index in [1.807, 2.05) is 30.3 Å². The number of ether oxygens (including phenoxy) is 4. The number of alkyl carbamates (subject to hydrolysis) is 1. The van der Waals surface area contributed by atoms with Crippen LogP contribution in [0.2, 0.25) is 0 Å². The van der Waals surface area contributed by atoms with Crippen molar-refractivity contribution in [2.45, 2.75) is 24.5 Å². The number of aliphatic hydroxyl groups excluding tert-OH is 1. The van der Waals surface area contributed by atoms with Crippen molar-refractivity contribution in [3.63, 3.8) is 0 Å². The molecule has 2 rings (SSSR count). The number of methoxy groups -OCH3 is 2. The Kier molecular flexibility index (Phi) is 5.73. The maximum absolute atomic E-state index is 12.0. The van der Waals surface area contributed by atoms with E-state index in [-0.39, 0.29) is 19.8 Å². The van der Waals surface area contributed by atoms with Gasteiger partial charge in [-0.05, 0) is 5.56 Å². The van der Waals surface area contributed by atoms with E-state index in [4.69, 9.17) is 18.9 Å². The van der Waals surface area contributed by atoms with Crippen molar-refractivity contribution in [1.29, 1.82) is 0 Å². The lowest BCUT2D eigenvalue weighted by Gasteiger charge is -2.43. The Morgan fingerprint density at radius 2 is 2.05 bits per heavy atom. The van der Waals surface area contributed by atoms with Crippen LogP contribution in [0.1, 0.15) is 5.56 Å². The van der Waals surface area contributed by atoms with Crippen LogP contribution < -0.4 is 5.32 Å². The minimum Gasteiger partial charge on any atom is -0.445 e. The second-order valence-electron chi connectivity index (χ2n) is 4.99. The first-order chi connectivity index (χ1) is 10.6. The monoisotopic (exact) mass is 311 g/mol. The number of amides is 1. The third-order valence-electron chi connectivity index (χ3n) is 3.63. The molecule has 1 fully saturated rings. The summed E-state index contributed by atoms with van der Waals surface area (Å²) in [6.07, 6.45) is -1.62. The molecule has 0 aromatic heterocycles. The fourth-order valence-corrected chi connectivity index (χ4v) is 2.35. The molecule has 1 aliphatic heterocycles. The number of aliphatic hydroxyl groups is 1. The van der Waals surface area contributed by atoms with Gasteiger partial charge < -0.3 is 29.4 Å². The van der Waals surface area contributed by atoms with Crippen molar-refractivity contribution in [1.82, 2.24) is 5.32 Å². The molecule has 1 heterocycles. The molecule has 0 spiro atoms. The number of benzene rings is 1. The van der Waals surface area contributed by atoms with Gasteiger partial charge in [-0.25, -0.2) is 4.79 Å². The molecule has 122 valence electrons. The van der Waals surface area contributed by atoms with Crippen molar-refractivity contribution >= 4 is 6.09 Å². The van der Waals surface area contributed by atoms with E-state index in [1.54, 1.807) is 0 Å². The van der Waals surface area contributed by atoms with Crippen LogP contribution in [0, 0.1) is 0 Å². The lowest BCUT2D eigenvalue weighted by molar-refractivity contribution is -0.287. The summed E-state index contributed by atoms with van der Waals surface area (Å²) in [5.74, 6) is -1.25. The highest BCUT2D eigenvalue weighted by Gasteiger charge is 2.48. The highest BCUT2D eigenvalue weighted by Crippen LogP contribution is 2.24. The Hall–Kier alpha value is -1.67. The molecule has 7 heteroatoms. The molecule has 0 bridgehead atoms. The Morgan fingerprint density at radius 1 is 1.36 bits per heavy atom. The second kappa shape index (κ2) is 7.55. The maximum atomic E-state index is 12.0. The summed E-state index contributed by atoms with van der Waals surface area (Å²) in [5.41, 5.74) is 0.870. The van der Waals surface area contributed by atoms with Crippen LogP contribution in [-0.4, -0.2) is 56.6 Å². The summed E-state index contributed by atoms with van der Waals surface area (Å²) in [5, 5.41) is 12.6. The van der Waals surface area contributed by atoms with Gasteiger partial charge in [0.05, 0.1) is 6.61 Å². The van der Waals surface area contributed by atoms with E-state index in [0.29, 0.717) is 0 Å². The van der Waals surface area contributed by atoms with E-state index >= 15 is 0 Å². The van der Waals surface area contributed by atoms with Gasteiger partial charge in [-0.15, -0.1) is 0 Å². The Bertz CT molecular complexity index is 476. The van der Waals surface area contributed by atoms with E-state index in [2.05, 4.69) is 5.32 Å². The van der Waals surface area contributed by atoms with Crippen LogP contribution in [0.5, 0.6) is 0 Å². The summed E-state index contributed by atoms with van der Waals surface area (Å²) in [4.78, 5) is 12.0. The van der Waals surface area contributed by atoms with E-state index < -0.39 is 24.0 Å². The molecule has 0 unspecified atom stereocenters. The largest absolute Gasteiger partial charge is 0.445 e. The first-order valence-electron chi connectivity index (χ1n) is 6.94. The number of rotatable bonds is 5. The van der Waals surface area contributed by atoms with Crippen LogP contribution in [0.25, 0.3) is 0 Å². The average Bonchev–Trinajstić information content (AvgIpc) is 2.56. The zero-order valence-electron chi connectivity index (χ0n) is 12.7. The van der Waals surface area contributed by atoms with Gasteiger partial charge in [0.15, 0.2) is 0 Å². The van der Waals surface area contributed by atoms with Crippen molar-refractivity contribution in [2.24, 2.45) is 0 Å². The van der Waals surface area contributed by atoms with Gasteiger partial charge in [-0.3, -0.25) is 0 Å². The molecule has 0 saturated carbocycles. The highest BCUT2D eigenvalue weighted by atomic mass is 16.7. The van der Waals surface area contributed by atoms with Crippen molar-refractivity contribution in [3.05, 3.63) is 35.9 Å². The molecule has 1 aromatic carbocycles. The van der Waals surface area contributed by atoms with Gasteiger partial charge >= 0.3 is 6.09 Å². The first-order valence-corrected chi connectivity index (χ1v) is 6.94. The summed E-state index contributed by atoms with van der Waals surface area (Å²) in [6.45, 7) is 0.317. The fourth-order valence-electron chi connectivity index (χ4n) is 2.35. The highest BCUT2D eigenvalue weighted by molar-refractivity contribution is 5.68. The molecule has 1 aromatic rings. The van der Waals surface area contributed by atoms with Crippen LogP contribution in [0.3, 0.4) is 0 Å². The minimum atomic E-state index is -1.25. The van der Waals surface area contributed by atoms with Gasteiger partial charge in [0.2, 0.25) is 5.79 Å². The van der Waals surface area contributed by atoms with Crippen LogP contribution in [-0.2, 0) is 25.6 Å². The Balaban J connectivity index is 1.95. The Labute approximate surface area is 129 Å². The van der Waals surface area contributed by atoms with Gasteiger partial charge in [-0.1, -0.05) is 30.3 Å². The summed E-state index contributed by atoms with van der Waals surface area (Å²) >= 11 is 0. The average molecular weight is 311 g/mol. The number of nitrogens with one attached hydrogen (secondary N) is 1. The number of hydrogen-bond acceptors (Lipinski definition) is 6. The zero-order valence-corrected chi connectivity index (χ0v) is 12.7. The maximum Gasteiger partial charge on any atom is 0.407 e. The first kappa shape index (κ1) is 16.7. The molecule has 2 atom stereocenters. The van der Waals surface area contributed by atoms with Crippen LogP contribution in [0.4, 0.5) is 4.79 Å². The van der Waals surface area contributed by atoms with E-state index in [9.17, 15) is 9.90 Å².